The van der Waals surface area contributed by atoms with E-state index in [-0.39, 0.29) is 0 Å². The van der Waals surface area contributed by atoms with E-state index in [0.717, 1.165) is 27.5 Å². The summed E-state index contributed by atoms with van der Waals surface area (Å²) in [5.41, 5.74) is 1.01. The van der Waals surface area contributed by atoms with Crippen LogP contribution in [0.25, 0.3) is 10.2 Å². The first-order valence-electron chi connectivity index (χ1n) is 4.80. The molecule has 16 heavy (non-hydrogen) atoms. The van der Waals surface area contributed by atoms with Gasteiger partial charge in [0.2, 0.25) is 0 Å². The number of nitrogens with zero attached hydrogens (tertiary/aromatic N) is 3. The summed E-state index contributed by atoms with van der Waals surface area (Å²) in [7, 11) is 0. The molecule has 0 spiro atoms. The highest BCUT2D eigenvalue weighted by Gasteiger charge is 2.05. The number of aromatic nitrogens is 4. The number of rotatable bonds is 2. The fourth-order valence-electron chi connectivity index (χ4n) is 1.49. The molecule has 3 aromatic heterocycles. The van der Waals surface area contributed by atoms with Gasteiger partial charge in [-0.05, 0) is 18.4 Å². The minimum Gasteiger partial charge on any atom is -0.323 e. The summed E-state index contributed by atoms with van der Waals surface area (Å²) in [6.07, 6.45) is 1.56. The maximum Gasteiger partial charge on any atom is 0.153 e. The molecule has 0 aromatic carbocycles. The minimum absolute atomic E-state index is 0.767. The van der Waals surface area contributed by atoms with E-state index in [9.17, 15) is 0 Å². The van der Waals surface area contributed by atoms with E-state index in [4.69, 9.17) is 0 Å². The molecule has 5 nitrogen and oxygen atoms in total. The lowest BCUT2D eigenvalue weighted by Gasteiger charge is -2.01. The number of hydrogen-bond acceptors (Lipinski definition) is 5. The average molecular weight is 231 g/mol. The average Bonchev–Trinajstić information content (AvgIpc) is 2.87. The topological polar surface area (TPSA) is 66.5 Å². The third-order valence-corrected chi connectivity index (χ3v) is 3.03. The first-order valence-corrected chi connectivity index (χ1v) is 5.68. The smallest absolute Gasteiger partial charge is 0.153 e. The molecule has 2 N–H and O–H groups in total. The largest absolute Gasteiger partial charge is 0.323 e. The number of aromatic amines is 1. The highest BCUT2D eigenvalue weighted by atomic mass is 32.1. The second kappa shape index (κ2) is 3.57. The quantitative estimate of drug-likeness (QED) is 0.711. The molecule has 0 amide bonds. The molecule has 0 aliphatic carbocycles. The van der Waals surface area contributed by atoms with Crippen LogP contribution in [0, 0.1) is 6.92 Å². The van der Waals surface area contributed by atoms with Gasteiger partial charge in [-0.3, -0.25) is 5.10 Å². The van der Waals surface area contributed by atoms with Crippen LogP contribution in [-0.4, -0.2) is 20.2 Å². The van der Waals surface area contributed by atoms with Crippen LogP contribution in [0.1, 0.15) is 5.69 Å². The van der Waals surface area contributed by atoms with E-state index in [0.29, 0.717) is 0 Å². The maximum atomic E-state index is 4.21. The number of aryl methyl sites for hydroxylation is 1. The van der Waals surface area contributed by atoms with Crippen molar-refractivity contribution in [3.05, 3.63) is 29.5 Å². The van der Waals surface area contributed by atoms with Crippen LogP contribution in [0.5, 0.6) is 0 Å². The SMILES string of the molecule is Cc1cc(Nc2ncnc3sccc23)n[nH]1. The van der Waals surface area contributed by atoms with Crippen molar-refractivity contribution in [3.63, 3.8) is 0 Å². The summed E-state index contributed by atoms with van der Waals surface area (Å²) in [6.45, 7) is 1.96. The Labute approximate surface area is 95.6 Å². The third kappa shape index (κ3) is 1.53. The lowest BCUT2D eigenvalue weighted by molar-refractivity contribution is 1.05. The van der Waals surface area contributed by atoms with Gasteiger partial charge in [0.05, 0.1) is 5.39 Å². The number of anilines is 2. The molecule has 80 valence electrons. The standard InChI is InChI=1S/C10H9N5S/c1-6-4-8(15-14-6)13-9-7-2-3-16-10(7)12-5-11-9/h2-5H,1H3,(H2,11,12,13,14,15). The van der Waals surface area contributed by atoms with Crippen molar-refractivity contribution in [2.45, 2.75) is 6.92 Å². The Hall–Kier alpha value is -1.95. The zero-order valence-electron chi connectivity index (χ0n) is 8.56. The van der Waals surface area contributed by atoms with E-state index in [1.165, 1.54) is 0 Å². The Kier molecular flexibility index (Phi) is 2.07. The van der Waals surface area contributed by atoms with Crippen LogP contribution in [-0.2, 0) is 0 Å². The van der Waals surface area contributed by atoms with Gasteiger partial charge in [0, 0.05) is 11.8 Å². The van der Waals surface area contributed by atoms with Gasteiger partial charge in [0.1, 0.15) is 17.0 Å². The van der Waals surface area contributed by atoms with Gasteiger partial charge in [-0.25, -0.2) is 9.97 Å². The molecule has 3 aromatic rings. The zero-order chi connectivity index (χ0) is 11.0. The molecule has 0 atom stereocenters. The van der Waals surface area contributed by atoms with E-state index in [1.807, 2.05) is 24.4 Å². The van der Waals surface area contributed by atoms with E-state index in [2.05, 4.69) is 25.5 Å². The minimum atomic E-state index is 0.767. The summed E-state index contributed by atoms with van der Waals surface area (Å²) < 4.78 is 0. The molecule has 3 rings (SSSR count). The fourth-order valence-corrected chi connectivity index (χ4v) is 2.23. The van der Waals surface area contributed by atoms with Crippen LogP contribution in [0.3, 0.4) is 0 Å². The molecule has 0 saturated heterocycles. The van der Waals surface area contributed by atoms with Gasteiger partial charge in [-0.15, -0.1) is 11.3 Å². The second-order valence-corrected chi connectivity index (χ2v) is 4.32. The van der Waals surface area contributed by atoms with Crippen molar-refractivity contribution in [2.75, 3.05) is 5.32 Å². The summed E-state index contributed by atoms with van der Waals surface area (Å²) in [4.78, 5) is 9.38. The number of H-pyrrole nitrogens is 1. The Balaban J connectivity index is 2.03. The van der Waals surface area contributed by atoms with Crippen molar-refractivity contribution in [3.8, 4) is 0 Å². The molecule has 0 fully saturated rings. The predicted molar refractivity (Wildman–Crippen MR) is 64.0 cm³/mol. The molecule has 0 unspecified atom stereocenters. The van der Waals surface area contributed by atoms with Crippen molar-refractivity contribution in [1.82, 2.24) is 20.2 Å². The number of hydrogen-bond donors (Lipinski definition) is 2. The summed E-state index contributed by atoms with van der Waals surface area (Å²) in [5, 5.41) is 13.2. The predicted octanol–water partition coefficient (Wildman–Crippen LogP) is 2.47. The van der Waals surface area contributed by atoms with E-state index in [1.54, 1.807) is 17.7 Å². The number of fused-ring (bicyclic) bond motifs is 1. The second-order valence-electron chi connectivity index (χ2n) is 3.42. The van der Waals surface area contributed by atoms with E-state index < -0.39 is 0 Å². The highest BCUT2D eigenvalue weighted by molar-refractivity contribution is 7.16. The Morgan fingerprint density at radius 3 is 3.12 bits per heavy atom. The summed E-state index contributed by atoms with van der Waals surface area (Å²) in [5.74, 6) is 1.56. The monoisotopic (exact) mass is 231 g/mol. The third-order valence-electron chi connectivity index (χ3n) is 2.21. The molecule has 0 aliphatic heterocycles. The van der Waals surface area contributed by atoms with Crippen molar-refractivity contribution < 1.29 is 0 Å². The molecule has 0 radical (unpaired) electrons. The maximum absolute atomic E-state index is 4.21. The van der Waals surface area contributed by atoms with Crippen LogP contribution in [0.4, 0.5) is 11.6 Å². The molecular weight excluding hydrogens is 222 g/mol. The Morgan fingerprint density at radius 2 is 2.31 bits per heavy atom. The molecule has 0 aliphatic rings. The van der Waals surface area contributed by atoms with Gasteiger partial charge in [0.15, 0.2) is 5.82 Å². The lowest BCUT2D eigenvalue weighted by atomic mass is 10.4. The van der Waals surface area contributed by atoms with Crippen LogP contribution in [0.2, 0.25) is 0 Å². The van der Waals surface area contributed by atoms with Gasteiger partial charge in [-0.1, -0.05) is 0 Å². The molecule has 0 saturated carbocycles. The van der Waals surface area contributed by atoms with Crippen molar-refractivity contribution in [2.24, 2.45) is 0 Å². The molecule has 3 heterocycles. The summed E-state index contributed by atoms with van der Waals surface area (Å²) in [6, 6.07) is 3.93. The zero-order valence-corrected chi connectivity index (χ0v) is 9.38. The van der Waals surface area contributed by atoms with Crippen molar-refractivity contribution in [1.29, 1.82) is 0 Å². The first kappa shape index (κ1) is 9.29. The molecular formula is C10H9N5S. The Morgan fingerprint density at radius 1 is 1.38 bits per heavy atom. The normalized spacial score (nSPS) is 10.8. The summed E-state index contributed by atoms with van der Waals surface area (Å²) >= 11 is 1.60. The van der Waals surface area contributed by atoms with Crippen molar-refractivity contribution >= 4 is 33.2 Å². The highest BCUT2D eigenvalue weighted by Crippen LogP contribution is 2.25. The van der Waals surface area contributed by atoms with Crippen LogP contribution >= 0.6 is 11.3 Å². The first-order chi connectivity index (χ1) is 7.83. The van der Waals surface area contributed by atoms with E-state index >= 15 is 0 Å². The fraction of sp³-hybridized carbons (Fsp3) is 0.100. The van der Waals surface area contributed by atoms with Gasteiger partial charge in [-0.2, -0.15) is 5.10 Å². The van der Waals surface area contributed by atoms with Gasteiger partial charge < -0.3 is 5.32 Å². The lowest BCUT2D eigenvalue weighted by Crippen LogP contribution is -1.94. The molecule has 6 heteroatoms. The number of nitrogens with one attached hydrogen (secondary N) is 2. The Bertz CT molecular complexity index is 627. The van der Waals surface area contributed by atoms with Crippen LogP contribution in [0.15, 0.2) is 23.8 Å². The van der Waals surface area contributed by atoms with Gasteiger partial charge >= 0.3 is 0 Å². The van der Waals surface area contributed by atoms with Gasteiger partial charge in [0.25, 0.3) is 0 Å². The van der Waals surface area contributed by atoms with Crippen LogP contribution < -0.4 is 5.32 Å². The molecule has 0 bridgehead atoms. The number of thiophene rings is 1.